The quantitative estimate of drug-likeness (QED) is 0.338. The average molecular weight is 350 g/mol. The highest BCUT2D eigenvalue weighted by Gasteiger charge is 2.47. The highest BCUT2D eigenvalue weighted by atomic mass is 16.5. The van der Waals surface area contributed by atoms with Gasteiger partial charge in [0.2, 0.25) is 0 Å². The van der Waals surface area contributed by atoms with Gasteiger partial charge in [-0.25, -0.2) is 0 Å². The van der Waals surface area contributed by atoms with Gasteiger partial charge in [-0.05, 0) is 38.5 Å². The van der Waals surface area contributed by atoms with E-state index >= 15 is 0 Å². The fourth-order valence-electron chi connectivity index (χ4n) is 3.98. The van der Waals surface area contributed by atoms with Crippen LogP contribution in [0.3, 0.4) is 0 Å². The van der Waals surface area contributed by atoms with Gasteiger partial charge in [-0.15, -0.1) is 11.8 Å². The molecule has 2 aliphatic rings. The highest BCUT2D eigenvalue weighted by Crippen LogP contribution is 2.45. The largest absolute Gasteiger partial charge is 0.481 e. The molecule has 3 N–H and O–H groups in total. The monoisotopic (exact) mass is 350 g/mol. The minimum Gasteiger partial charge on any atom is -0.481 e. The van der Waals surface area contributed by atoms with Crippen LogP contribution >= 0.6 is 0 Å². The molecular weight excluding hydrogens is 320 g/mol. The molecule has 0 aromatic carbocycles. The number of aliphatic hydroxyl groups is 2. The fourth-order valence-corrected chi connectivity index (χ4v) is 3.98. The number of carboxylic acids is 1. The van der Waals surface area contributed by atoms with Crippen molar-refractivity contribution in [2.24, 2.45) is 11.8 Å². The molecule has 1 saturated carbocycles. The average Bonchev–Trinajstić information content (AvgIpc) is 3.06. The second-order valence-corrected chi connectivity index (χ2v) is 7.13. The Balaban J connectivity index is 1.78. The molecule has 140 valence electrons. The Hall–Kier alpha value is -1.35. The molecule has 0 unspecified atom stereocenters. The van der Waals surface area contributed by atoms with Crippen LogP contribution in [0.25, 0.3) is 0 Å². The van der Waals surface area contributed by atoms with E-state index in [2.05, 4.69) is 11.8 Å². The second kappa shape index (κ2) is 9.96. The number of fused-ring (bicyclic) bond motifs is 1. The SMILES string of the molecule is CC#CCC[C@H](O)/C=C/[C@@H]1[C@H]2C[C@@H](CCCCC(=O)O)O[C@H]2C[C@H]1O. The summed E-state index contributed by atoms with van der Waals surface area (Å²) in [6.07, 6.45) is 8.50. The number of hydrogen-bond donors (Lipinski definition) is 3. The maximum Gasteiger partial charge on any atom is 0.303 e. The maximum atomic E-state index is 10.5. The normalized spacial score (nSPS) is 32.4. The lowest BCUT2D eigenvalue weighted by Crippen LogP contribution is -2.19. The van der Waals surface area contributed by atoms with E-state index in [-0.39, 0.29) is 24.5 Å². The maximum absolute atomic E-state index is 10.5. The predicted octanol–water partition coefficient (Wildman–Crippen LogP) is 2.51. The summed E-state index contributed by atoms with van der Waals surface area (Å²) in [6, 6.07) is 0. The third-order valence-electron chi connectivity index (χ3n) is 5.26. The van der Waals surface area contributed by atoms with Gasteiger partial charge in [0.15, 0.2) is 0 Å². The lowest BCUT2D eigenvalue weighted by molar-refractivity contribution is -0.137. The summed E-state index contributed by atoms with van der Waals surface area (Å²) in [5.74, 6) is 5.32. The van der Waals surface area contributed by atoms with Crippen LogP contribution in [0, 0.1) is 23.7 Å². The van der Waals surface area contributed by atoms with Gasteiger partial charge in [-0.1, -0.05) is 18.6 Å². The number of aliphatic hydroxyl groups excluding tert-OH is 2. The fraction of sp³-hybridized carbons (Fsp3) is 0.750. The summed E-state index contributed by atoms with van der Waals surface area (Å²) >= 11 is 0. The molecule has 0 bridgehead atoms. The summed E-state index contributed by atoms with van der Waals surface area (Å²) in [7, 11) is 0. The van der Waals surface area contributed by atoms with E-state index in [0.717, 1.165) is 19.3 Å². The molecule has 1 aliphatic heterocycles. The molecule has 2 rings (SSSR count). The van der Waals surface area contributed by atoms with Crippen LogP contribution in [0.1, 0.15) is 58.3 Å². The zero-order valence-corrected chi connectivity index (χ0v) is 14.9. The number of rotatable bonds is 9. The van der Waals surface area contributed by atoms with Gasteiger partial charge in [0.1, 0.15) is 0 Å². The summed E-state index contributed by atoms with van der Waals surface area (Å²) in [5.41, 5.74) is 0. The molecule has 5 nitrogen and oxygen atoms in total. The first-order chi connectivity index (χ1) is 12.0. The molecular formula is C20H30O5. The Kier molecular flexibility index (Phi) is 7.95. The number of carbonyl (C=O) groups is 1. The van der Waals surface area contributed by atoms with Gasteiger partial charge < -0.3 is 20.1 Å². The Bertz CT molecular complexity index is 518. The Morgan fingerprint density at radius 3 is 2.88 bits per heavy atom. The molecule has 0 aromatic heterocycles. The van der Waals surface area contributed by atoms with Crippen molar-refractivity contribution < 1.29 is 24.9 Å². The van der Waals surface area contributed by atoms with Crippen molar-refractivity contribution in [2.75, 3.05) is 0 Å². The topological polar surface area (TPSA) is 87.0 Å². The first-order valence-electron chi connectivity index (χ1n) is 9.32. The summed E-state index contributed by atoms with van der Waals surface area (Å²) in [6.45, 7) is 1.79. The lowest BCUT2D eigenvalue weighted by Gasteiger charge is -2.18. The van der Waals surface area contributed by atoms with Gasteiger partial charge >= 0.3 is 5.97 Å². The second-order valence-electron chi connectivity index (χ2n) is 7.13. The lowest BCUT2D eigenvalue weighted by atomic mass is 9.89. The van der Waals surface area contributed by atoms with Crippen molar-refractivity contribution in [1.82, 2.24) is 0 Å². The number of ether oxygens (including phenoxy) is 1. The highest BCUT2D eigenvalue weighted by molar-refractivity contribution is 5.66. The van der Waals surface area contributed by atoms with Crippen LogP contribution in [0.4, 0.5) is 0 Å². The van der Waals surface area contributed by atoms with Gasteiger partial charge in [0, 0.05) is 25.2 Å². The minimum absolute atomic E-state index is 0.0286. The predicted molar refractivity (Wildman–Crippen MR) is 94.8 cm³/mol. The van der Waals surface area contributed by atoms with Crippen LogP contribution in [0.5, 0.6) is 0 Å². The van der Waals surface area contributed by atoms with E-state index < -0.39 is 18.2 Å². The summed E-state index contributed by atoms with van der Waals surface area (Å²) in [4.78, 5) is 10.5. The van der Waals surface area contributed by atoms with E-state index in [4.69, 9.17) is 9.84 Å². The molecule has 0 aromatic rings. The Morgan fingerprint density at radius 2 is 2.16 bits per heavy atom. The summed E-state index contributed by atoms with van der Waals surface area (Å²) in [5, 5.41) is 28.9. The molecule has 0 radical (unpaired) electrons. The third-order valence-corrected chi connectivity index (χ3v) is 5.26. The van der Waals surface area contributed by atoms with Gasteiger partial charge in [-0.3, -0.25) is 4.79 Å². The first kappa shape index (κ1) is 20.0. The van der Waals surface area contributed by atoms with Crippen LogP contribution < -0.4 is 0 Å². The van der Waals surface area contributed by atoms with Crippen molar-refractivity contribution in [3.8, 4) is 11.8 Å². The molecule has 0 amide bonds. The minimum atomic E-state index is -0.749. The Labute approximate surface area is 150 Å². The van der Waals surface area contributed by atoms with E-state index in [1.54, 1.807) is 13.0 Å². The molecule has 1 heterocycles. The van der Waals surface area contributed by atoms with E-state index in [0.29, 0.717) is 31.6 Å². The number of unbranched alkanes of at least 4 members (excludes halogenated alkanes) is 1. The van der Waals surface area contributed by atoms with Crippen molar-refractivity contribution in [3.63, 3.8) is 0 Å². The zero-order valence-electron chi connectivity index (χ0n) is 14.9. The molecule has 6 atom stereocenters. The van der Waals surface area contributed by atoms with Crippen molar-refractivity contribution in [1.29, 1.82) is 0 Å². The summed E-state index contributed by atoms with van der Waals surface area (Å²) < 4.78 is 6.06. The number of carboxylic acid groups (broad SMARTS) is 1. The number of aliphatic carboxylic acids is 1. The van der Waals surface area contributed by atoms with Crippen molar-refractivity contribution in [2.45, 2.75) is 82.7 Å². The van der Waals surface area contributed by atoms with Crippen LogP contribution in [0.15, 0.2) is 12.2 Å². The molecule has 1 saturated heterocycles. The molecule has 0 spiro atoms. The van der Waals surface area contributed by atoms with Crippen molar-refractivity contribution in [3.05, 3.63) is 12.2 Å². The van der Waals surface area contributed by atoms with Gasteiger partial charge in [-0.2, -0.15) is 0 Å². The van der Waals surface area contributed by atoms with Gasteiger partial charge in [0.25, 0.3) is 0 Å². The standard InChI is InChI=1S/C20H30O5/c1-2-3-4-7-14(21)10-11-16-17-12-15(8-5-6-9-20(23)24)25-19(17)13-18(16)22/h10-11,14-19,21-22H,4-9,12-13H2,1H3,(H,23,24)/b11-10+/t14-,15+,16+,17+,18+,19-/m0/s1. The van der Waals surface area contributed by atoms with E-state index in [1.165, 1.54) is 0 Å². The molecule has 1 aliphatic carbocycles. The smallest absolute Gasteiger partial charge is 0.303 e. The first-order valence-corrected chi connectivity index (χ1v) is 9.32. The number of hydrogen-bond acceptors (Lipinski definition) is 4. The zero-order chi connectivity index (χ0) is 18.2. The van der Waals surface area contributed by atoms with Crippen molar-refractivity contribution >= 4 is 5.97 Å². The molecule has 25 heavy (non-hydrogen) atoms. The van der Waals surface area contributed by atoms with Crippen LogP contribution in [-0.2, 0) is 9.53 Å². The third kappa shape index (κ3) is 6.14. The van der Waals surface area contributed by atoms with Crippen LogP contribution in [-0.4, -0.2) is 45.7 Å². The van der Waals surface area contributed by atoms with Crippen LogP contribution in [0.2, 0.25) is 0 Å². The molecule has 2 fully saturated rings. The van der Waals surface area contributed by atoms with Gasteiger partial charge in [0.05, 0.1) is 24.4 Å². The van der Waals surface area contributed by atoms with E-state index in [1.807, 2.05) is 6.08 Å². The Morgan fingerprint density at radius 1 is 1.36 bits per heavy atom. The van der Waals surface area contributed by atoms with E-state index in [9.17, 15) is 15.0 Å². The molecule has 5 heteroatoms.